The SMILES string of the molecule is CCCCCCCCCCCCOS(=O)(=O)OC(=O)CCC(=O)OS(=O)(=O)OCCCCCCCCCCCC.[NaH].[NaH]. The zero-order valence-corrected chi connectivity index (χ0v) is 26.5. The van der Waals surface area contributed by atoms with Crippen molar-refractivity contribution in [1.82, 2.24) is 0 Å². The quantitative estimate of drug-likeness (QED) is 0.0700. The van der Waals surface area contributed by atoms with Crippen LogP contribution in [0.3, 0.4) is 0 Å². The monoisotopic (exact) mass is 662 g/mol. The van der Waals surface area contributed by atoms with E-state index in [9.17, 15) is 26.4 Å². The molecule has 0 atom stereocenters. The second kappa shape index (κ2) is 31.7. The van der Waals surface area contributed by atoms with Crippen LogP contribution in [0.25, 0.3) is 0 Å². The molecule has 0 aliphatic rings. The fourth-order valence-corrected chi connectivity index (χ4v) is 5.43. The summed E-state index contributed by atoms with van der Waals surface area (Å²) in [6, 6.07) is 0. The summed E-state index contributed by atoms with van der Waals surface area (Å²) >= 11 is 0. The molecule has 0 saturated carbocycles. The molecule has 0 aliphatic carbocycles. The Bertz CT molecular complexity index is 783. The first-order valence-electron chi connectivity index (χ1n) is 15.3. The Morgan fingerprint density at radius 2 is 0.667 bits per heavy atom. The molecule has 0 aromatic rings. The summed E-state index contributed by atoms with van der Waals surface area (Å²) in [5.41, 5.74) is 0. The van der Waals surface area contributed by atoms with E-state index < -0.39 is 45.6 Å². The first kappa shape index (κ1) is 47.2. The van der Waals surface area contributed by atoms with E-state index in [1.54, 1.807) is 0 Å². The maximum absolute atomic E-state index is 11.8. The van der Waals surface area contributed by atoms with Gasteiger partial charge in [-0.2, -0.15) is 16.8 Å². The van der Waals surface area contributed by atoms with E-state index in [2.05, 4.69) is 30.6 Å². The summed E-state index contributed by atoms with van der Waals surface area (Å²) in [4.78, 5) is 23.5. The summed E-state index contributed by atoms with van der Waals surface area (Å²) in [6.07, 6.45) is 20.2. The van der Waals surface area contributed by atoms with E-state index in [0.29, 0.717) is 12.8 Å². The van der Waals surface area contributed by atoms with Crippen LogP contribution in [0.4, 0.5) is 0 Å². The van der Waals surface area contributed by atoms with Crippen molar-refractivity contribution >= 4 is 91.9 Å². The van der Waals surface area contributed by atoms with Crippen molar-refractivity contribution in [2.45, 2.75) is 155 Å². The van der Waals surface area contributed by atoms with Crippen LogP contribution in [0.5, 0.6) is 0 Å². The summed E-state index contributed by atoms with van der Waals surface area (Å²) < 4.78 is 64.9. The van der Waals surface area contributed by atoms with Gasteiger partial charge < -0.3 is 8.37 Å². The summed E-state index contributed by atoms with van der Waals surface area (Å²) in [6.45, 7) is 4.16. The number of unbranched alkanes of at least 4 members (excludes halogenated alkanes) is 18. The second-order valence-electron chi connectivity index (χ2n) is 10.2. The molecule has 10 nitrogen and oxygen atoms in total. The molecule has 0 heterocycles. The van der Waals surface area contributed by atoms with Crippen LogP contribution >= 0.6 is 0 Å². The van der Waals surface area contributed by atoms with E-state index in [4.69, 9.17) is 0 Å². The van der Waals surface area contributed by atoms with E-state index >= 15 is 0 Å². The Morgan fingerprint density at radius 3 is 0.929 bits per heavy atom. The van der Waals surface area contributed by atoms with Gasteiger partial charge in [0.05, 0.1) is 26.1 Å². The van der Waals surface area contributed by atoms with Crippen molar-refractivity contribution < 1.29 is 43.2 Å². The Balaban J connectivity index is -0.00000760. The molecular formula is C28H56Na2O10S2. The average molecular weight is 663 g/mol. The molecule has 14 heteroatoms. The third-order valence-corrected chi connectivity index (χ3v) is 8.07. The minimum atomic E-state index is -4.55. The van der Waals surface area contributed by atoms with E-state index in [-0.39, 0.29) is 72.3 Å². The van der Waals surface area contributed by atoms with Crippen LogP contribution in [0, 0.1) is 0 Å². The minimum absolute atomic E-state index is 0. The number of hydrogen-bond donors (Lipinski definition) is 0. The molecule has 0 fully saturated rings. The Hall–Kier alpha value is 0.760. The van der Waals surface area contributed by atoms with Crippen molar-refractivity contribution in [3.05, 3.63) is 0 Å². The molecule has 0 aromatic carbocycles. The Labute approximate surface area is 300 Å². The van der Waals surface area contributed by atoms with Gasteiger partial charge in [-0.15, -0.1) is 0 Å². The molecular weight excluding hydrogens is 606 g/mol. The van der Waals surface area contributed by atoms with Crippen molar-refractivity contribution in [1.29, 1.82) is 0 Å². The zero-order chi connectivity index (χ0) is 30.0. The summed E-state index contributed by atoms with van der Waals surface area (Å²) in [7, 11) is -9.10. The topological polar surface area (TPSA) is 139 Å². The molecule has 0 amide bonds. The third kappa shape index (κ3) is 33.6. The van der Waals surface area contributed by atoms with Crippen molar-refractivity contribution in [2.75, 3.05) is 13.2 Å². The van der Waals surface area contributed by atoms with Gasteiger partial charge >= 0.3 is 91.9 Å². The molecule has 242 valence electrons. The van der Waals surface area contributed by atoms with E-state index in [1.165, 1.54) is 64.2 Å². The third-order valence-electron chi connectivity index (χ3n) is 6.37. The fourth-order valence-electron chi connectivity index (χ4n) is 4.06. The standard InChI is InChI=1S/C28H54O10S2.2Na.2H/c1-3-5-7-9-11-13-15-17-19-21-25-35-39(31,32)37-27(29)23-24-28(30)38-40(33,34)36-26-22-20-18-16-14-12-10-8-6-4-2;;;;/h3-26H2,1-2H3;;;;. The van der Waals surface area contributed by atoms with Crippen LogP contribution < -0.4 is 0 Å². The van der Waals surface area contributed by atoms with E-state index in [1.807, 2.05) is 0 Å². The molecule has 0 N–H and O–H groups in total. The molecule has 0 radical (unpaired) electrons. The maximum atomic E-state index is 11.8. The van der Waals surface area contributed by atoms with E-state index in [0.717, 1.165) is 51.4 Å². The zero-order valence-electron chi connectivity index (χ0n) is 24.9. The van der Waals surface area contributed by atoms with Gasteiger partial charge in [0, 0.05) is 0 Å². The number of carbonyl (C=O) groups excluding carboxylic acids is 2. The van der Waals surface area contributed by atoms with Gasteiger partial charge in [0.25, 0.3) is 0 Å². The number of rotatable bonds is 29. The fraction of sp³-hybridized carbons (Fsp3) is 0.929. The molecule has 0 bridgehead atoms. The molecule has 0 spiro atoms. The molecule has 0 aliphatic heterocycles. The van der Waals surface area contributed by atoms with Crippen LogP contribution in [-0.2, 0) is 47.1 Å². The van der Waals surface area contributed by atoms with Crippen molar-refractivity contribution in [3.8, 4) is 0 Å². The summed E-state index contributed by atoms with van der Waals surface area (Å²) in [5, 5.41) is 0. The van der Waals surface area contributed by atoms with Crippen LogP contribution in [0.15, 0.2) is 0 Å². The summed E-state index contributed by atoms with van der Waals surface area (Å²) in [5.74, 6) is -2.49. The van der Waals surface area contributed by atoms with Gasteiger partial charge in [-0.25, -0.2) is 8.37 Å². The second-order valence-corrected chi connectivity index (χ2v) is 12.7. The molecule has 0 rings (SSSR count). The van der Waals surface area contributed by atoms with Gasteiger partial charge in [0.15, 0.2) is 0 Å². The first-order valence-corrected chi connectivity index (χ1v) is 18.0. The predicted molar refractivity (Wildman–Crippen MR) is 169 cm³/mol. The van der Waals surface area contributed by atoms with Gasteiger partial charge in [-0.1, -0.05) is 129 Å². The van der Waals surface area contributed by atoms with Crippen LogP contribution in [0.1, 0.15) is 155 Å². The van der Waals surface area contributed by atoms with Gasteiger partial charge in [-0.3, -0.25) is 9.59 Å². The normalized spacial score (nSPS) is 11.4. The molecule has 0 aromatic heterocycles. The molecule has 0 unspecified atom stereocenters. The molecule has 42 heavy (non-hydrogen) atoms. The molecule has 0 saturated heterocycles. The predicted octanol–water partition coefficient (Wildman–Crippen LogP) is 5.92. The first-order chi connectivity index (χ1) is 19.1. The number of carbonyl (C=O) groups is 2. The van der Waals surface area contributed by atoms with Crippen molar-refractivity contribution in [2.24, 2.45) is 0 Å². The Morgan fingerprint density at radius 1 is 0.429 bits per heavy atom. The average Bonchev–Trinajstić information content (AvgIpc) is 2.88. The van der Waals surface area contributed by atoms with Crippen molar-refractivity contribution in [3.63, 3.8) is 0 Å². The Kier molecular flexibility index (Phi) is 35.6. The number of hydrogen-bond acceptors (Lipinski definition) is 10. The van der Waals surface area contributed by atoms with Gasteiger partial charge in [0.1, 0.15) is 0 Å². The van der Waals surface area contributed by atoms with Crippen LogP contribution in [0.2, 0.25) is 0 Å². The van der Waals surface area contributed by atoms with Crippen LogP contribution in [-0.4, -0.2) is 101 Å². The van der Waals surface area contributed by atoms with Gasteiger partial charge in [0.2, 0.25) is 0 Å². The van der Waals surface area contributed by atoms with Gasteiger partial charge in [-0.05, 0) is 12.8 Å².